The molecular formula is C18H18FN3O5S. The molecule has 0 atom stereocenters. The third kappa shape index (κ3) is 4.46. The minimum Gasteiger partial charge on any atom is -0.495 e. The van der Waals surface area contributed by atoms with Crippen molar-refractivity contribution in [3.8, 4) is 5.75 Å². The average molecular weight is 407 g/mol. The Balaban J connectivity index is 1.75. The number of carbonyl (C=O) groups excluding carboxylic acids is 2. The molecule has 8 nitrogen and oxygen atoms in total. The number of hydrogen-bond donors (Lipinski definition) is 3. The molecule has 1 saturated carbocycles. The number of methoxy groups -OCH3 is 1. The van der Waals surface area contributed by atoms with E-state index in [2.05, 4.69) is 15.6 Å². The van der Waals surface area contributed by atoms with Crippen LogP contribution in [0.1, 0.15) is 33.6 Å². The van der Waals surface area contributed by atoms with E-state index in [9.17, 15) is 22.4 Å². The summed E-state index contributed by atoms with van der Waals surface area (Å²) in [5, 5.41) is 0. The lowest BCUT2D eigenvalue weighted by Crippen LogP contribution is -2.42. The Labute approximate surface area is 161 Å². The standard InChI is InChI=1S/C18H18FN3O5S/c1-27-15-9-6-11(10-16(15)28(25,26)22-12-7-8-12)17(23)20-21-18(24)13-4-2-3-5-14(13)19/h2-6,9-10,12,22H,7-8H2,1H3,(H,20,23)(H,21,24). The smallest absolute Gasteiger partial charge is 0.272 e. The number of carbonyl (C=O) groups is 2. The molecule has 0 heterocycles. The highest BCUT2D eigenvalue weighted by Crippen LogP contribution is 2.28. The van der Waals surface area contributed by atoms with Gasteiger partial charge in [0.05, 0.1) is 12.7 Å². The lowest BCUT2D eigenvalue weighted by molar-refractivity contribution is 0.0844. The maximum atomic E-state index is 13.6. The molecule has 0 aromatic heterocycles. The molecule has 1 aliphatic carbocycles. The van der Waals surface area contributed by atoms with Crippen molar-refractivity contribution >= 4 is 21.8 Å². The molecule has 0 bridgehead atoms. The Morgan fingerprint density at radius 1 is 1.07 bits per heavy atom. The molecule has 0 unspecified atom stereocenters. The zero-order chi connectivity index (χ0) is 20.3. The summed E-state index contributed by atoms with van der Waals surface area (Å²) in [6.45, 7) is 0. The summed E-state index contributed by atoms with van der Waals surface area (Å²) in [5.74, 6) is -2.27. The third-order valence-electron chi connectivity index (χ3n) is 4.02. The van der Waals surface area contributed by atoms with Crippen LogP contribution in [0.5, 0.6) is 5.75 Å². The zero-order valence-electron chi connectivity index (χ0n) is 14.9. The highest BCUT2D eigenvalue weighted by molar-refractivity contribution is 7.89. The van der Waals surface area contributed by atoms with Gasteiger partial charge in [0.15, 0.2) is 0 Å². The lowest BCUT2D eigenvalue weighted by Gasteiger charge is -2.13. The van der Waals surface area contributed by atoms with Crippen LogP contribution in [-0.4, -0.2) is 33.4 Å². The number of rotatable bonds is 6. The molecule has 2 aromatic rings. The van der Waals surface area contributed by atoms with Crippen LogP contribution in [0.2, 0.25) is 0 Å². The lowest BCUT2D eigenvalue weighted by atomic mass is 10.2. The van der Waals surface area contributed by atoms with Gasteiger partial charge in [0, 0.05) is 11.6 Å². The van der Waals surface area contributed by atoms with E-state index in [4.69, 9.17) is 4.74 Å². The first-order chi connectivity index (χ1) is 13.3. The van der Waals surface area contributed by atoms with E-state index in [1.165, 1.54) is 37.4 Å². The van der Waals surface area contributed by atoms with E-state index in [-0.39, 0.29) is 27.8 Å². The maximum Gasteiger partial charge on any atom is 0.272 e. The normalized spacial score (nSPS) is 13.6. The number of benzene rings is 2. The number of halogens is 1. The van der Waals surface area contributed by atoms with Crippen molar-refractivity contribution in [2.45, 2.75) is 23.8 Å². The number of ether oxygens (including phenoxy) is 1. The van der Waals surface area contributed by atoms with Gasteiger partial charge >= 0.3 is 0 Å². The van der Waals surface area contributed by atoms with Crippen LogP contribution < -0.4 is 20.3 Å². The van der Waals surface area contributed by atoms with Crippen LogP contribution in [0.25, 0.3) is 0 Å². The molecular weight excluding hydrogens is 389 g/mol. The van der Waals surface area contributed by atoms with Gasteiger partial charge in [-0.05, 0) is 43.2 Å². The molecule has 3 rings (SSSR count). The molecule has 1 aliphatic rings. The summed E-state index contributed by atoms with van der Waals surface area (Å²) in [7, 11) is -2.55. The van der Waals surface area contributed by atoms with Crippen LogP contribution in [-0.2, 0) is 10.0 Å². The van der Waals surface area contributed by atoms with Crippen molar-refractivity contribution in [3.05, 3.63) is 59.4 Å². The van der Waals surface area contributed by atoms with Crippen LogP contribution in [0.4, 0.5) is 4.39 Å². The third-order valence-corrected chi connectivity index (χ3v) is 5.56. The Bertz CT molecular complexity index is 1020. The zero-order valence-corrected chi connectivity index (χ0v) is 15.7. The highest BCUT2D eigenvalue weighted by Gasteiger charge is 2.30. The van der Waals surface area contributed by atoms with E-state index in [0.29, 0.717) is 0 Å². The monoisotopic (exact) mass is 407 g/mol. The first-order valence-electron chi connectivity index (χ1n) is 8.37. The van der Waals surface area contributed by atoms with E-state index >= 15 is 0 Å². The molecule has 148 valence electrons. The van der Waals surface area contributed by atoms with Crippen LogP contribution in [0.15, 0.2) is 47.4 Å². The summed E-state index contributed by atoms with van der Waals surface area (Å²) < 4.78 is 46.2. The predicted molar refractivity (Wildman–Crippen MR) is 97.7 cm³/mol. The van der Waals surface area contributed by atoms with E-state index in [0.717, 1.165) is 25.0 Å². The fourth-order valence-electron chi connectivity index (χ4n) is 2.41. The Kier molecular flexibility index (Phi) is 5.61. The molecule has 0 aliphatic heterocycles. The number of nitrogens with one attached hydrogen (secondary N) is 3. The Hall–Kier alpha value is -2.98. The van der Waals surface area contributed by atoms with Gasteiger partial charge < -0.3 is 4.74 Å². The van der Waals surface area contributed by atoms with Crippen molar-refractivity contribution in [1.29, 1.82) is 0 Å². The van der Waals surface area contributed by atoms with Crippen molar-refractivity contribution in [2.24, 2.45) is 0 Å². The molecule has 1 fully saturated rings. The highest BCUT2D eigenvalue weighted by atomic mass is 32.2. The fourth-order valence-corrected chi connectivity index (χ4v) is 3.91. The van der Waals surface area contributed by atoms with Gasteiger partial charge in [-0.15, -0.1) is 0 Å². The summed E-state index contributed by atoms with van der Waals surface area (Å²) in [6.07, 6.45) is 1.51. The molecule has 3 N–H and O–H groups in total. The second kappa shape index (κ2) is 7.95. The summed E-state index contributed by atoms with van der Waals surface area (Å²) in [5.41, 5.74) is 3.96. The van der Waals surface area contributed by atoms with Crippen LogP contribution >= 0.6 is 0 Å². The molecule has 2 aromatic carbocycles. The van der Waals surface area contributed by atoms with E-state index in [1.54, 1.807) is 0 Å². The maximum absolute atomic E-state index is 13.6. The number of sulfonamides is 1. The van der Waals surface area contributed by atoms with E-state index < -0.39 is 27.7 Å². The summed E-state index contributed by atoms with van der Waals surface area (Å²) in [6, 6.07) is 9.01. The van der Waals surface area contributed by atoms with Gasteiger partial charge in [-0.25, -0.2) is 17.5 Å². The van der Waals surface area contributed by atoms with Crippen molar-refractivity contribution in [3.63, 3.8) is 0 Å². The second-order valence-electron chi connectivity index (χ2n) is 6.15. The summed E-state index contributed by atoms with van der Waals surface area (Å²) in [4.78, 5) is 24.1. The first kappa shape index (κ1) is 19.8. The summed E-state index contributed by atoms with van der Waals surface area (Å²) >= 11 is 0. The minimum atomic E-state index is -3.87. The quantitative estimate of drug-likeness (QED) is 0.626. The SMILES string of the molecule is COc1ccc(C(=O)NNC(=O)c2ccccc2F)cc1S(=O)(=O)NC1CC1. The molecule has 0 radical (unpaired) electrons. The van der Waals surface area contributed by atoms with Crippen LogP contribution in [0, 0.1) is 5.82 Å². The number of amides is 2. The number of hydrazine groups is 1. The second-order valence-corrected chi connectivity index (χ2v) is 7.83. The van der Waals surface area contributed by atoms with Crippen molar-refractivity contribution < 1.29 is 27.1 Å². The predicted octanol–water partition coefficient (Wildman–Crippen LogP) is 1.35. The van der Waals surface area contributed by atoms with Gasteiger partial charge in [-0.2, -0.15) is 0 Å². The Morgan fingerprint density at radius 3 is 2.39 bits per heavy atom. The van der Waals surface area contributed by atoms with E-state index in [1.807, 2.05) is 0 Å². The van der Waals surface area contributed by atoms with Crippen LogP contribution in [0.3, 0.4) is 0 Å². The van der Waals surface area contributed by atoms with Gasteiger partial charge in [0.25, 0.3) is 11.8 Å². The van der Waals surface area contributed by atoms with Gasteiger partial charge in [-0.1, -0.05) is 12.1 Å². The van der Waals surface area contributed by atoms with Crippen molar-refractivity contribution in [2.75, 3.05) is 7.11 Å². The molecule has 0 spiro atoms. The average Bonchev–Trinajstić information content (AvgIpc) is 3.49. The molecule has 2 amide bonds. The number of hydrogen-bond acceptors (Lipinski definition) is 5. The Morgan fingerprint density at radius 2 is 1.75 bits per heavy atom. The van der Waals surface area contributed by atoms with Crippen molar-refractivity contribution in [1.82, 2.24) is 15.6 Å². The largest absolute Gasteiger partial charge is 0.495 e. The van der Waals surface area contributed by atoms with Gasteiger partial charge in [0.2, 0.25) is 10.0 Å². The fraction of sp³-hybridized carbons (Fsp3) is 0.222. The first-order valence-corrected chi connectivity index (χ1v) is 9.85. The molecule has 0 saturated heterocycles. The minimum absolute atomic E-state index is 0.0224. The molecule has 28 heavy (non-hydrogen) atoms. The van der Waals surface area contributed by atoms with Gasteiger partial charge in [0.1, 0.15) is 16.5 Å². The molecule has 10 heteroatoms. The topological polar surface area (TPSA) is 114 Å². The van der Waals surface area contributed by atoms with Gasteiger partial charge in [-0.3, -0.25) is 20.4 Å².